The van der Waals surface area contributed by atoms with Gasteiger partial charge < -0.3 is 10.1 Å². The Hall–Kier alpha value is -0.640. The summed E-state index contributed by atoms with van der Waals surface area (Å²) in [5.41, 5.74) is 0.997. The Morgan fingerprint density at radius 1 is 1.42 bits per heavy atom. The molecular formula is C15H21ClFNO. The maximum absolute atomic E-state index is 13.1. The van der Waals surface area contributed by atoms with Crippen LogP contribution in [0.4, 0.5) is 4.39 Å². The molecule has 19 heavy (non-hydrogen) atoms. The van der Waals surface area contributed by atoms with Crippen molar-refractivity contribution < 1.29 is 9.13 Å². The first kappa shape index (κ1) is 14.8. The Bertz CT molecular complexity index is 407. The van der Waals surface area contributed by atoms with Gasteiger partial charge in [-0.2, -0.15) is 0 Å². The van der Waals surface area contributed by atoms with Crippen molar-refractivity contribution in [1.29, 1.82) is 0 Å². The van der Waals surface area contributed by atoms with Crippen molar-refractivity contribution in [2.45, 2.75) is 32.2 Å². The minimum absolute atomic E-state index is 0.196. The maximum atomic E-state index is 13.1. The van der Waals surface area contributed by atoms with Crippen molar-refractivity contribution in [2.24, 2.45) is 5.92 Å². The fourth-order valence-corrected chi connectivity index (χ4v) is 2.97. The van der Waals surface area contributed by atoms with Crippen LogP contribution in [0.25, 0.3) is 0 Å². The number of rotatable bonds is 5. The van der Waals surface area contributed by atoms with E-state index >= 15 is 0 Å². The van der Waals surface area contributed by atoms with Crippen molar-refractivity contribution in [3.05, 3.63) is 34.6 Å². The van der Waals surface area contributed by atoms with E-state index in [4.69, 9.17) is 16.3 Å². The predicted molar refractivity (Wildman–Crippen MR) is 76.0 cm³/mol. The van der Waals surface area contributed by atoms with Crippen LogP contribution in [0.3, 0.4) is 0 Å². The van der Waals surface area contributed by atoms with Crippen LogP contribution in [0.2, 0.25) is 5.02 Å². The average molecular weight is 286 g/mol. The van der Waals surface area contributed by atoms with Crippen molar-refractivity contribution in [3.8, 4) is 0 Å². The second kappa shape index (κ2) is 7.22. The van der Waals surface area contributed by atoms with Gasteiger partial charge in [0.25, 0.3) is 0 Å². The molecule has 2 rings (SSSR count). The van der Waals surface area contributed by atoms with Gasteiger partial charge >= 0.3 is 0 Å². The van der Waals surface area contributed by atoms with Gasteiger partial charge in [-0.25, -0.2) is 4.39 Å². The molecule has 4 heteroatoms. The van der Waals surface area contributed by atoms with E-state index in [1.54, 1.807) is 6.07 Å². The highest BCUT2D eigenvalue weighted by Crippen LogP contribution is 2.31. The van der Waals surface area contributed by atoms with E-state index in [0.717, 1.165) is 44.6 Å². The highest BCUT2D eigenvalue weighted by molar-refractivity contribution is 6.31. The Labute approximate surface area is 119 Å². The lowest BCUT2D eigenvalue weighted by molar-refractivity contribution is 0.0606. The summed E-state index contributed by atoms with van der Waals surface area (Å²) in [4.78, 5) is 0. The molecule has 1 saturated heterocycles. The van der Waals surface area contributed by atoms with Gasteiger partial charge in [0.15, 0.2) is 0 Å². The molecule has 1 N–H and O–H groups in total. The lowest BCUT2D eigenvalue weighted by Crippen LogP contribution is -2.26. The van der Waals surface area contributed by atoms with Gasteiger partial charge in [-0.3, -0.25) is 0 Å². The second-order valence-electron chi connectivity index (χ2n) is 5.07. The third-order valence-corrected chi connectivity index (χ3v) is 4.03. The van der Waals surface area contributed by atoms with Gasteiger partial charge in [-0.1, -0.05) is 24.6 Å². The van der Waals surface area contributed by atoms with Crippen LogP contribution in [0.1, 0.15) is 37.8 Å². The number of halogens is 2. The van der Waals surface area contributed by atoms with Crippen LogP contribution in [-0.4, -0.2) is 19.8 Å². The van der Waals surface area contributed by atoms with E-state index < -0.39 is 0 Å². The molecule has 0 spiro atoms. The quantitative estimate of drug-likeness (QED) is 0.884. The highest BCUT2D eigenvalue weighted by atomic mass is 35.5. The molecule has 1 aliphatic heterocycles. The van der Waals surface area contributed by atoms with E-state index in [9.17, 15) is 4.39 Å². The molecule has 1 aromatic rings. The van der Waals surface area contributed by atoms with Crippen LogP contribution in [0.15, 0.2) is 18.2 Å². The van der Waals surface area contributed by atoms with Crippen LogP contribution in [0, 0.1) is 11.7 Å². The van der Waals surface area contributed by atoms with Gasteiger partial charge in [-0.05, 0) is 49.4 Å². The van der Waals surface area contributed by atoms with Crippen molar-refractivity contribution in [3.63, 3.8) is 0 Å². The number of ether oxygens (including phenoxy) is 1. The SMILES string of the molecule is CCNC(CC1CCOCC1)c1ccc(F)cc1Cl. The molecule has 2 nitrogen and oxygen atoms in total. The molecule has 0 aliphatic carbocycles. The van der Waals surface area contributed by atoms with Crippen LogP contribution < -0.4 is 5.32 Å². The first-order valence-electron chi connectivity index (χ1n) is 6.96. The van der Waals surface area contributed by atoms with Crippen LogP contribution in [-0.2, 0) is 4.74 Å². The number of nitrogens with one attached hydrogen (secondary N) is 1. The summed E-state index contributed by atoms with van der Waals surface area (Å²) in [5, 5.41) is 3.97. The normalized spacial score (nSPS) is 18.5. The summed E-state index contributed by atoms with van der Waals surface area (Å²) in [5.74, 6) is 0.369. The molecule has 1 aliphatic rings. The van der Waals surface area contributed by atoms with Crippen molar-refractivity contribution in [2.75, 3.05) is 19.8 Å². The second-order valence-corrected chi connectivity index (χ2v) is 5.47. The molecule has 1 atom stereocenters. The molecule has 0 radical (unpaired) electrons. The Morgan fingerprint density at radius 3 is 2.79 bits per heavy atom. The largest absolute Gasteiger partial charge is 0.381 e. The van der Waals surface area contributed by atoms with Crippen molar-refractivity contribution in [1.82, 2.24) is 5.32 Å². The molecule has 106 valence electrons. The smallest absolute Gasteiger partial charge is 0.124 e. The number of hydrogen-bond donors (Lipinski definition) is 1. The van der Waals surface area contributed by atoms with Crippen LogP contribution in [0.5, 0.6) is 0 Å². The molecule has 1 aromatic carbocycles. The standard InChI is InChI=1S/C15H21ClFNO/c1-2-18-15(9-11-5-7-19-8-6-11)13-4-3-12(17)10-14(13)16/h3-4,10-11,15,18H,2,5-9H2,1H3. The van der Waals surface area contributed by atoms with E-state index in [1.807, 2.05) is 0 Å². The summed E-state index contributed by atoms with van der Waals surface area (Å²) in [6.07, 6.45) is 3.23. The van der Waals surface area contributed by atoms with Crippen molar-refractivity contribution >= 4 is 11.6 Å². The Balaban J connectivity index is 2.09. The molecule has 0 aromatic heterocycles. The Morgan fingerprint density at radius 2 is 2.16 bits per heavy atom. The lowest BCUT2D eigenvalue weighted by atomic mass is 9.89. The lowest BCUT2D eigenvalue weighted by Gasteiger charge is -2.28. The predicted octanol–water partition coefficient (Wildman–Crippen LogP) is 3.95. The summed E-state index contributed by atoms with van der Waals surface area (Å²) in [6, 6.07) is 4.87. The first-order valence-corrected chi connectivity index (χ1v) is 7.34. The minimum Gasteiger partial charge on any atom is -0.381 e. The molecule has 0 saturated carbocycles. The summed E-state index contributed by atoms with van der Waals surface area (Å²) >= 11 is 6.17. The Kier molecular flexibility index (Phi) is 5.61. The summed E-state index contributed by atoms with van der Waals surface area (Å²) in [7, 11) is 0. The topological polar surface area (TPSA) is 21.3 Å². The van der Waals surface area contributed by atoms with E-state index in [2.05, 4.69) is 12.2 Å². The third kappa shape index (κ3) is 4.16. The van der Waals surface area contributed by atoms with Gasteiger partial charge in [0, 0.05) is 24.3 Å². The minimum atomic E-state index is -0.282. The van der Waals surface area contributed by atoms with Gasteiger partial charge in [0.05, 0.1) is 0 Å². The maximum Gasteiger partial charge on any atom is 0.124 e. The van der Waals surface area contributed by atoms with E-state index in [1.165, 1.54) is 12.1 Å². The molecule has 0 bridgehead atoms. The summed E-state index contributed by atoms with van der Waals surface area (Å²) < 4.78 is 18.5. The average Bonchev–Trinajstić information content (AvgIpc) is 2.39. The third-order valence-electron chi connectivity index (χ3n) is 3.70. The van der Waals surface area contributed by atoms with Gasteiger partial charge in [-0.15, -0.1) is 0 Å². The van der Waals surface area contributed by atoms with Gasteiger partial charge in [0.2, 0.25) is 0 Å². The molecular weight excluding hydrogens is 265 g/mol. The van der Waals surface area contributed by atoms with Gasteiger partial charge in [0.1, 0.15) is 5.82 Å². The van der Waals surface area contributed by atoms with E-state index in [0.29, 0.717) is 10.9 Å². The van der Waals surface area contributed by atoms with Crippen LogP contribution >= 0.6 is 11.6 Å². The number of benzene rings is 1. The fourth-order valence-electron chi connectivity index (χ4n) is 2.67. The molecule has 0 amide bonds. The number of hydrogen-bond acceptors (Lipinski definition) is 2. The summed E-state index contributed by atoms with van der Waals surface area (Å²) in [6.45, 7) is 4.65. The molecule has 1 unspecified atom stereocenters. The first-order chi connectivity index (χ1) is 9.20. The molecule has 1 fully saturated rings. The zero-order chi connectivity index (χ0) is 13.7. The zero-order valence-electron chi connectivity index (χ0n) is 11.3. The highest BCUT2D eigenvalue weighted by Gasteiger charge is 2.21. The zero-order valence-corrected chi connectivity index (χ0v) is 12.0. The fraction of sp³-hybridized carbons (Fsp3) is 0.600. The monoisotopic (exact) mass is 285 g/mol. The van der Waals surface area contributed by atoms with E-state index in [-0.39, 0.29) is 11.9 Å². The molecule has 1 heterocycles.